The lowest BCUT2D eigenvalue weighted by molar-refractivity contribution is -0.154. The number of nitrogens with zero attached hydrogens (tertiary/aromatic N) is 3. The van der Waals surface area contributed by atoms with Crippen molar-refractivity contribution < 1.29 is 18.0 Å². The first-order valence-corrected chi connectivity index (χ1v) is 7.71. The van der Waals surface area contributed by atoms with Crippen molar-refractivity contribution in [2.45, 2.75) is 46.0 Å². The molecular weight excluding hydrogens is 335 g/mol. The molecule has 0 aromatic carbocycles. The van der Waals surface area contributed by atoms with Gasteiger partial charge >= 0.3 is 12.2 Å². The van der Waals surface area contributed by atoms with Crippen molar-refractivity contribution in [2.75, 3.05) is 5.32 Å². The number of hydrogen-bond donors (Lipinski definition) is 2. The Balaban J connectivity index is 2.21. The molecule has 1 atom stereocenters. The minimum atomic E-state index is -4.65. The smallest absolute Gasteiger partial charge is 0.322 e. The van der Waals surface area contributed by atoms with Crippen molar-refractivity contribution in [2.24, 2.45) is 0 Å². The molecule has 0 radical (unpaired) electrons. The zero-order chi connectivity index (χ0) is 18.8. The predicted octanol–water partition coefficient (Wildman–Crippen LogP) is 3.90. The molecule has 6 nitrogen and oxygen atoms in total. The van der Waals surface area contributed by atoms with E-state index in [9.17, 15) is 18.0 Å². The van der Waals surface area contributed by atoms with Crippen LogP contribution in [-0.4, -0.2) is 27.0 Å². The number of aromatic nitrogens is 3. The molecule has 0 aliphatic rings. The maximum absolute atomic E-state index is 13.3. The van der Waals surface area contributed by atoms with E-state index in [0.717, 1.165) is 6.20 Å². The highest BCUT2D eigenvalue weighted by Gasteiger charge is 2.42. The number of carbonyl (C=O) groups is 1. The minimum Gasteiger partial charge on any atom is -0.322 e. The van der Waals surface area contributed by atoms with Crippen molar-refractivity contribution in [1.29, 1.82) is 0 Å². The van der Waals surface area contributed by atoms with Crippen LogP contribution >= 0.6 is 0 Å². The summed E-state index contributed by atoms with van der Waals surface area (Å²) in [6.45, 7) is 7.28. The van der Waals surface area contributed by atoms with E-state index in [0.29, 0.717) is 17.1 Å². The van der Waals surface area contributed by atoms with Crippen LogP contribution in [-0.2, 0) is 0 Å². The number of rotatable bonds is 4. The van der Waals surface area contributed by atoms with E-state index in [2.05, 4.69) is 15.4 Å². The van der Waals surface area contributed by atoms with Crippen LogP contribution in [0.25, 0.3) is 0 Å². The second kappa shape index (κ2) is 7.12. The van der Waals surface area contributed by atoms with Gasteiger partial charge in [0.25, 0.3) is 0 Å². The van der Waals surface area contributed by atoms with E-state index in [1.165, 1.54) is 18.3 Å². The first-order valence-electron chi connectivity index (χ1n) is 7.71. The van der Waals surface area contributed by atoms with Crippen LogP contribution in [0.5, 0.6) is 0 Å². The fourth-order valence-electron chi connectivity index (χ4n) is 2.53. The molecule has 2 N–H and O–H groups in total. The molecule has 0 aliphatic heterocycles. The average Bonchev–Trinajstić information content (AvgIpc) is 2.80. The van der Waals surface area contributed by atoms with Gasteiger partial charge in [0, 0.05) is 24.0 Å². The predicted molar refractivity (Wildman–Crippen MR) is 87.3 cm³/mol. The van der Waals surface area contributed by atoms with E-state index in [1.807, 2.05) is 19.2 Å². The molecule has 25 heavy (non-hydrogen) atoms. The van der Waals surface area contributed by atoms with Crippen molar-refractivity contribution in [3.63, 3.8) is 0 Å². The van der Waals surface area contributed by atoms with Gasteiger partial charge in [-0.25, -0.2) is 4.79 Å². The SMILES string of the molecule is Cc1nn(C(C)C)c(C)c1NC(=O)N[C@@H](c1cccnc1)C(F)(F)F. The average molecular weight is 355 g/mol. The van der Waals surface area contributed by atoms with Gasteiger partial charge in [-0.15, -0.1) is 0 Å². The van der Waals surface area contributed by atoms with Crippen LogP contribution in [0.2, 0.25) is 0 Å². The Bertz CT molecular complexity index is 740. The topological polar surface area (TPSA) is 71.8 Å². The van der Waals surface area contributed by atoms with Gasteiger partial charge in [0.1, 0.15) is 0 Å². The third-order valence-corrected chi connectivity index (χ3v) is 3.67. The summed E-state index contributed by atoms with van der Waals surface area (Å²) in [5, 5.41) is 8.73. The molecule has 0 saturated carbocycles. The highest BCUT2D eigenvalue weighted by molar-refractivity contribution is 5.90. The fraction of sp³-hybridized carbons (Fsp3) is 0.438. The molecule has 2 amide bonds. The second-order valence-corrected chi connectivity index (χ2v) is 5.94. The van der Waals surface area contributed by atoms with Gasteiger partial charge in [-0.05, 0) is 33.8 Å². The maximum Gasteiger partial charge on any atom is 0.412 e. The van der Waals surface area contributed by atoms with Gasteiger partial charge in [0.05, 0.1) is 17.1 Å². The molecule has 2 heterocycles. The monoisotopic (exact) mass is 355 g/mol. The first kappa shape index (κ1) is 18.8. The van der Waals surface area contributed by atoms with Crippen LogP contribution in [0.15, 0.2) is 24.5 Å². The maximum atomic E-state index is 13.3. The van der Waals surface area contributed by atoms with Crippen LogP contribution in [0.1, 0.15) is 42.9 Å². The van der Waals surface area contributed by atoms with Crippen LogP contribution in [0, 0.1) is 13.8 Å². The lowest BCUT2D eigenvalue weighted by Crippen LogP contribution is -2.40. The molecule has 9 heteroatoms. The Hall–Kier alpha value is -2.58. The molecule has 0 unspecified atom stereocenters. The van der Waals surface area contributed by atoms with Gasteiger partial charge in [0.15, 0.2) is 6.04 Å². The molecule has 2 aromatic rings. The summed E-state index contributed by atoms with van der Waals surface area (Å²) in [5.41, 5.74) is 1.47. The highest BCUT2D eigenvalue weighted by Crippen LogP contribution is 2.32. The molecule has 0 bridgehead atoms. The number of anilines is 1. The van der Waals surface area contributed by atoms with Gasteiger partial charge in [0.2, 0.25) is 0 Å². The van der Waals surface area contributed by atoms with E-state index in [4.69, 9.17) is 0 Å². The second-order valence-electron chi connectivity index (χ2n) is 5.94. The molecule has 2 aromatic heterocycles. The van der Waals surface area contributed by atoms with Gasteiger partial charge < -0.3 is 10.6 Å². The van der Waals surface area contributed by atoms with Crippen molar-refractivity contribution in [1.82, 2.24) is 20.1 Å². The normalized spacial score (nSPS) is 13.0. The number of nitrogens with one attached hydrogen (secondary N) is 2. The molecule has 0 fully saturated rings. The van der Waals surface area contributed by atoms with Crippen molar-refractivity contribution in [3.05, 3.63) is 41.5 Å². The number of alkyl halides is 3. The van der Waals surface area contributed by atoms with Crippen molar-refractivity contribution >= 4 is 11.7 Å². The fourth-order valence-corrected chi connectivity index (χ4v) is 2.53. The van der Waals surface area contributed by atoms with Gasteiger partial charge in [-0.2, -0.15) is 18.3 Å². The summed E-state index contributed by atoms with van der Waals surface area (Å²) in [5.74, 6) is 0. The number of halogens is 3. The van der Waals surface area contributed by atoms with E-state index in [-0.39, 0.29) is 11.6 Å². The number of carbonyl (C=O) groups excluding carboxylic acids is 1. The largest absolute Gasteiger partial charge is 0.412 e. The summed E-state index contributed by atoms with van der Waals surface area (Å²) in [4.78, 5) is 15.8. The number of urea groups is 1. The van der Waals surface area contributed by atoms with Crippen LogP contribution in [0.4, 0.5) is 23.7 Å². The number of hydrogen-bond acceptors (Lipinski definition) is 3. The quantitative estimate of drug-likeness (QED) is 0.874. The summed E-state index contributed by atoms with van der Waals surface area (Å²) in [7, 11) is 0. The Morgan fingerprint density at radius 2 is 1.96 bits per heavy atom. The Morgan fingerprint density at radius 3 is 2.44 bits per heavy atom. The van der Waals surface area contributed by atoms with E-state index >= 15 is 0 Å². The number of aryl methyl sites for hydroxylation is 1. The van der Waals surface area contributed by atoms with Crippen molar-refractivity contribution in [3.8, 4) is 0 Å². The lowest BCUT2D eigenvalue weighted by atomic mass is 10.1. The molecular formula is C16H20F3N5O. The Morgan fingerprint density at radius 1 is 1.28 bits per heavy atom. The summed E-state index contributed by atoms with van der Waals surface area (Å²) in [6.07, 6.45) is -2.21. The lowest BCUT2D eigenvalue weighted by Gasteiger charge is -2.22. The van der Waals surface area contributed by atoms with Gasteiger partial charge in [-0.1, -0.05) is 6.07 Å². The number of amides is 2. The molecule has 0 saturated heterocycles. The van der Waals surface area contributed by atoms with E-state index in [1.54, 1.807) is 18.5 Å². The van der Waals surface area contributed by atoms with Crippen LogP contribution in [0.3, 0.4) is 0 Å². The summed E-state index contributed by atoms with van der Waals surface area (Å²) in [6, 6.07) is -0.397. The summed E-state index contributed by atoms with van der Waals surface area (Å²) >= 11 is 0. The zero-order valence-corrected chi connectivity index (χ0v) is 14.3. The molecule has 2 rings (SSSR count). The molecule has 0 spiro atoms. The minimum absolute atomic E-state index is 0.0654. The third kappa shape index (κ3) is 4.28. The van der Waals surface area contributed by atoms with Gasteiger partial charge in [-0.3, -0.25) is 9.67 Å². The standard InChI is InChI=1S/C16H20F3N5O/c1-9(2)24-11(4)13(10(3)23-24)21-15(25)22-14(16(17,18)19)12-6-5-7-20-8-12/h5-9,14H,1-4H3,(H2,21,22,25)/t14-/m0/s1. The number of pyridine rings is 1. The summed E-state index contributed by atoms with van der Waals surface area (Å²) < 4.78 is 41.6. The first-order chi connectivity index (χ1) is 11.6. The molecule has 0 aliphatic carbocycles. The zero-order valence-electron chi connectivity index (χ0n) is 14.3. The highest BCUT2D eigenvalue weighted by atomic mass is 19.4. The van der Waals surface area contributed by atoms with E-state index < -0.39 is 18.2 Å². The van der Waals surface area contributed by atoms with Crippen LogP contribution < -0.4 is 10.6 Å². The third-order valence-electron chi connectivity index (χ3n) is 3.67. The Kier molecular flexibility index (Phi) is 5.34. The molecule has 136 valence electrons. The Labute approximate surface area is 143 Å².